The summed E-state index contributed by atoms with van der Waals surface area (Å²) in [5, 5.41) is 9.20. The quantitative estimate of drug-likeness (QED) is 0.803. The highest BCUT2D eigenvalue weighted by Crippen LogP contribution is 2.37. The molecule has 22 heavy (non-hydrogen) atoms. The average Bonchev–Trinajstić information content (AvgIpc) is 2.99. The van der Waals surface area contributed by atoms with Crippen molar-refractivity contribution in [2.24, 2.45) is 0 Å². The van der Waals surface area contributed by atoms with Crippen molar-refractivity contribution in [3.63, 3.8) is 0 Å². The van der Waals surface area contributed by atoms with Gasteiger partial charge in [-0.15, -0.1) is 0 Å². The van der Waals surface area contributed by atoms with Crippen molar-refractivity contribution in [1.82, 2.24) is 0 Å². The highest BCUT2D eigenvalue weighted by atomic mass is 19.4. The van der Waals surface area contributed by atoms with Crippen molar-refractivity contribution in [2.75, 3.05) is 24.6 Å². The second-order valence-corrected chi connectivity index (χ2v) is 4.94. The lowest BCUT2D eigenvalue weighted by molar-refractivity contribution is -0.138. The SMILES string of the molecule is CCOC(=O)c1cc(C#N)c(N2CCCC2)cc1C(F)(F)F. The van der Waals surface area contributed by atoms with Gasteiger partial charge in [-0.1, -0.05) is 0 Å². The van der Waals surface area contributed by atoms with E-state index in [0.29, 0.717) is 13.1 Å². The van der Waals surface area contributed by atoms with Crippen LogP contribution in [0.15, 0.2) is 12.1 Å². The molecule has 1 aromatic rings. The highest BCUT2D eigenvalue weighted by molar-refractivity contribution is 5.93. The monoisotopic (exact) mass is 312 g/mol. The van der Waals surface area contributed by atoms with Crippen LogP contribution >= 0.6 is 0 Å². The van der Waals surface area contributed by atoms with Gasteiger partial charge in [0.2, 0.25) is 0 Å². The van der Waals surface area contributed by atoms with Gasteiger partial charge >= 0.3 is 12.1 Å². The Bertz CT molecular complexity index is 614. The Hall–Kier alpha value is -2.23. The second-order valence-electron chi connectivity index (χ2n) is 4.94. The van der Waals surface area contributed by atoms with Crippen LogP contribution in [0.2, 0.25) is 0 Å². The van der Waals surface area contributed by atoms with Gasteiger partial charge in [0.1, 0.15) is 6.07 Å². The summed E-state index contributed by atoms with van der Waals surface area (Å²) >= 11 is 0. The van der Waals surface area contributed by atoms with Crippen LogP contribution in [0.3, 0.4) is 0 Å². The van der Waals surface area contributed by atoms with E-state index in [4.69, 9.17) is 0 Å². The van der Waals surface area contributed by atoms with E-state index in [2.05, 4.69) is 4.74 Å². The maximum atomic E-state index is 13.2. The molecule has 0 aromatic heterocycles. The van der Waals surface area contributed by atoms with E-state index in [9.17, 15) is 23.2 Å². The number of ether oxygens (including phenoxy) is 1. The number of anilines is 1. The minimum atomic E-state index is -4.69. The molecule has 0 bridgehead atoms. The Morgan fingerprint density at radius 1 is 1.36 bits per heavy atom. The highest BCUT2D eigenvalue weighted by Gasteiger charge is 2.37. The molecule has 7 heteroatoms. The number of hydrogen-bond acceptors (Lipinski definition) is 4. The first-order chi connectivity index (χ1) is 10.4. The molecule has 2 rings (SSSR count). The van der Waals surface area contributed by atoms with E-state index in [1.807, 2.05) is 6.07 Å². The molecule has 1 fully saturated rings. The van der Waals surface area contributed by atoms with Crippen molar-refractivity contribution in [2.45, 2.75) is 25.9 Å². The molecule has 1 aromatic carbocycles. The molecule has 0 atom stereocenters. The lowest BCUT2D eigenvalue weighted by atomic mass is 10.0. The van der Waals surface area contributed by atoms with E-state index in [1.54, 1.807) is 4.90 Å². The summed E-state index contributed by atoms with van der Waals surface area (Å²) in [6.45, 7) is 2.68. The van der Waals surface area contributed by atoms with Crippen LogP contribution in [0.1, 0.15) is 41.3 Å². The summed E-state index contributed by atoms with van der Waals surface area (Å²) in [5.41, 5.74) is -1.40. The zero-order chi connectivity index (χ0) is 16.3. The van der Waals surface area contributed by atoms with E-state index in [1.165, 1.54) is 6.92 Å². The fourth-order valence-corrected chi connectivity index (χ4v) is 2.51. The predicted molar refractivity (Wildman–Crippen MR) is 73.6 cm³/mol. The summed E-state index contributed by atoms with van der Waals surface area (Å²) in [7, 11) is 0. The van der Waals surface area contributed by atoms with Gasteiger partial charge in [-0.2, -0.15) is 18.4 Å². The molecule has 1 saturated heterocycles. The smallest absolute Gasteiger partial charge is 0.417 e. The molecule has 1 heterocycles. The van der Waals surface area contributed by atoms with Gasteiger partial charge in [-0.25, -0.2) is 4.79 Å². The normalized spacial score (nSPS) is 14.8. The molecule has 0 aliphatic carbocycles. The first kappa shape index (κ1) is 16.1. The van der Waals surface area contributed by atoms with E-state index in [0.717, 1.165) is 25.0 Å². The maximum Gasteiger partial charge on any atom is 0.417 e. The number of carbonyl (C=O) groups excluding carboxylic acids is 1. The van der Waals surface area contributed by atoms with Crippen LogP contribution < -0.4 is 4.90 Å². The van der Waals surface area contributed by atoms with Gasteiger partial charge in [0, 0.05) is 13.1 Å². The summed E-state index contributed by atoms with van der Waals surface area (Å²) in [6, 6.07) is 3.74. The van der Waals surface area contributed by atoms with Gasteiger partial charge in [-0.3, -0.25) is 0 Å². The third kappa shape index (κ3) is 3.16. The molecular weight excluding hydrogens is 297 g/mol. The largest absolute Gasteiger partial charge is 0.462 e. The fraction of sp³-hybridized carbons (Fsp3) is 0.467. The predicted octanol–water partition coefficient (Wildman–Crippen LogP) is 3.35. The number of halogens is 3. The van der Waals surface area contributed by atoms with Crippen molar-refractivity contribution in [3.8, 4) is 6.07 Å². The van der Waals surface area contributed by atoms with E-state index >= 15 is 0 Å². The molecule has 4 nitrogen and oxygen atoms in total. The maximum absolute atomic E-state index is 13.2. The Balaban J connectivity index is 2.59. The first-order valence-electron chi connectivity index (χ1n) is 6.96. The molecule has 1 aliphatic heterocycles. The summed E-state index contributed by atoms with van der Waals surface area (Å²) in [5.74, 6) is -1.07. The number of hydrogen-bond donors (Lipinski definition) is 0. The van der Waals surface area contributed by atoms with Crippen molar-refractivity contribution in [1.29, 1.82) is 5.26 Å². The number of nitrogens with zero attached hydrogens (tertiary/aromatic N) is 2. The van der Waals surface area contributed by atoms with Crippen molar-refractivity contribution < 1.29 is 22.7 Å². The number of nitriles is 1. The molecule has 0 spiro atoms. The van der Waals surface area contributed by atoms with Gasteiger partial charge < -0.3 is 9.64 Å². The molecule has 1 aliphatic rings. The lowest BCUT2D eigenvalue weighted by Gasteiger charge is -2.22. The molecular formula is C15H15F3N2O2. The lowest BCUT2D eigenvalue weighted by Crippen LogP contribution is -2.22. The van der Waals surface area contributed by atoms with Gasteiger partial charge in [0.15, 0.2) is 0 Å². The zero-order valence-electron chi connectivity index (χ0n) is 12.0. The van der Waals surface area contributed by atoms with Crippen molar-refractivity contribution >= 4 is 11.7 Å². The molecule has 0 saturated carbocycles. The van der Waals surface area contributed by atoms with Gasteiger partial charge in [0.05, 0.1) is 29.0 Å². The fourth-order valence-electron chi connectivity index (χ4n) is 2.51. The molecule has 0 N–H and O–H groups in total. The standard InChI is InChI=1S/C15H15F3N2O2/c1-2-22-14(21)11-7-10(9-19)13(20-5-3-4-6-20)8-12(11)15(16,17)18/h7-8H,2-6H2,1H3. The van der Waals surface area contributed by atoms with Crippen LogP contribution in [0.5, 0.6) is 0 Å². The van der Waals surface area contributed by atoms with Crippen molar-refractivity contribution in [3.05, 3.63) is 28.8 Å². The van der Waals surface area contributed by atoms with E-state index < -0.39 is 23.3 Å². The number of benzene rings is 1. The second kappa shape index (κ2) is 6.26. The van der Waals surface area contributed by atoms with Crippen LogP contribution in [-0.2, 0) is 10.9 Å². The Kier molecular flexibility index (Phi) is 4.59. The molecule has 0 radical (unpaired) electrons. The first-order valence-corrected chi connectivity index (χ1v) is 6.96. The topological polar surface area (TPSA) is 53.3 Å². The van der Waals surface area contributed by atoms with Gasteiger partial charge in [0.25, 0.3) is 0 Å². The third-order valence-corrected chi connectivity index (χ3v) is 3.50. The van der Waals surface area contributed by atoms with Gasteiger partial charge in [-0.05, 0) is 31.9 Å². The van der Waals surface area contributed by atoms with Crippen LogP contribution in [0.4, 0.5) is 18.9 Å². The number of esters is 1. The minimum absolute atomic E-state index is 0.0358. The summed E-state index contributed by atoms with van der Waals surface area (Å²) < 4.78 is 44.4. The minimum Gasteiger partial charge on any atom is -0.462 e. The summed E-state index contributed by atoms with van der Waals surface area (Å²) in [4.78, 5) is 13.5. The Morgan fingerprint density at radius 2 is 2.00 bits per heavy atom. The van der Waals surface area contributed by atoms with Crippen LogP contribution in [-0.4, -0.2) is 25.7 Å². The Morgan fingerprint density at radius 3 is 2.50 bits per heavy atom. The van der Waals surface area contributed by atoms with Crippen LogP contribution in [0.25, 0.3) is 0 Å². The number of carbonyl (C=O) groups is 1. The number of rotatable bonds is 3. The number of alkyl halides is 3. The third-order valence-electron chi connectivity index (χ3n) is 3.50. The Labute approximate surface area is 126 Å². The van der Waals surface area contributed by atoms with Crippen LogP contribution in [0, 0.1) is 11.3 Å². The molecule has 118 valence electrons. The average molecular weight is 312 g/mol. The summed E-state index contributed by atoms with van der Waals surface area (Å²) in [6.07, 6.45) is -2.96. The van der Waals surface area contributed by atoms with E-state index in [-0.39, 0.29) is 17.9 Å². The zero-order valence-corrected chi connectivity index (χ0v) is 12.0. The molecule has 0 unspecified atom stereocenters. The molecule has 0 amide bonds.